The van der Waals surface area contributed by atoms with E-state index in [1.165, 1.54) is 5.56 Å². The summed E-state index contributed by atoms with van der Waals surface area (Å²) in [6, 6.07) is 10.3. The number of fused-ring (bicyclic) bond motifs is 2. The first kappa shape index (κ1) is 16.0. The number of unbranched alkanes of at least 4 members (excludes halogenated alkanes) is 1. The van der Waals surface area contributed by atoms with E-state index in [0.717, 1.165) is 38.5 Å². The first-order chi connectivity index (χ1) is 11.2. The molecule has 23 heavy (non-hydrogen) atoms. The van der Waals surface area contributed by atoms with Gasteiger partial charge in [0.2, 0.25) is 5.91 Å². The average molecular weight is 315 g/mol. The molecule has 0 heterocycles. The molecule has 4 heteroatoms. The van der Waals surface area contributed by atoms with Crippen LogP contribution in [0.1, 0.15) is 37.7 Å². The number of carbonyl (C=O) groups excluding carboxylic acids is 1. The first-order valence-corrected chi connectivity index (χ1v) is 8.71. The van der Waals surface area contributed by atoms with Crippen LogP contribution in [0, 0.1) is 23.7 Å². The zero-order valence-corrected chi connectivity index (χ0v) is 13.4. The van der Waals surface area contributed by atoms with Crippen LogP contribution in [0.4, 0.5) is 0 Å². The number of hydrogen-bond acceptors (Lipinski definition) is 2. The van der Waals surface area contributed by atoms with E-state index in [-0.39, 0.29) is 23.7 Å². The SMILES string of the molecule is O=C(O)[C@H]1[C@H]2CC[C@H](C2)[C@@H]1C(=O)NCCCCc1ccccc1. The van der Waals surface area contributed by atoms with Crippen molar-refractivity contribution in [1.82, 2.24) is 5.32 Å². The maximum atomic E-state index is 12.4. The van der Waals surface area contributed by atoms with E-state index in [0.29, 0.717) is 6.54 Å². The van der Waals surface area contributed by atoms with Crippen molar-refractivity contribution >= 4 is 11.9 Å². The number of nitrogens with one attached hydrogen (secondary N) is 1. The number of benzene rings is 1. The molecule has 4 nitrogen and oxygen atoms in total. The zero-order valence-electron chi connectivity index (χ0n) is 13.4. The second kappa shape index (κ2) is 7.16. The van der Waals surface area contributed by atoms with Gasteiger partial charge in [0.05, 0.1) is 11.8 Å². The molecular formula is C19H25NO3. The van der Waals surface area contributed by atoms with E-state index in [2.05, 4.69) is 17.4 Å². The third kappa shape index (κ3) is 3.57. The van der Waals surface area contributed by atoms with Crippen molar-refractivity contribution in [2.45, 2.75) is 38.5 Å². The van der Waals surface area contributed by atoms with Crippen molar-refractivity contribution in [2.24, 2.45) is 23.7 Å². The van der Waals surface area contributed by atoms with Gasteiger partial charge >= 0.3 is 5.97 Å². The number of carbonyl (C=O) groups is 2. The lowest BCUT2D eigenvalue weighted by Crippen LogP contribution is -2.41. The molecular weight excluding hydrogens is 290 g/mol. The fourth-order valence-corrected chi connectivity index (χ4v) is 4.45. The minimum atomic E-state index is -0.790. The summed E-state index contributed by atoms with van der Waals surface area (Å²) >= 11 is 0. The van der Waals surface area contributed by atoms with Crippen molar-refractivity contribution in [2.75, 3.05) is 6.54 Å². The summed E-state index contributed by atoms with van der Waals surface area (Å²) in [5, 5.41) is 12.4. The summed E-state index contributed by atoms with van der Waals surface area (Å²) in [6.07, 6.45) is 5.89. The summed E-state index contributed by atoms with van der Waals surface area (Å²) in [5.41, 5.74) is 1.32. The van der Waals surface area contributed by atoms with Gasteiger partial charge in [0.25, 0.3) is 0 Å². The number of rotatable bonds is 7. The molecule has 2 N–H and O–H groups in total. The van der Waals surface area contributed by atoms with Crippen LogP contribution in [0.15, 0.2) is 30.3 Å². The van der Waals surface area contributed by atoms with Crippen molar-refractivity contribution in [3.63, 3.8) is 0 Å². The fraction of sp³-hybridized carbons (Fsp3) is 0.579. The van der Waals surface area contributed by atoms with Gasteiger partial charge in [-0.15, -0.1) is 0 Å². The highest BCUT2D eigenvalue weighted by Gasteiger charge is 2.53. The number of aryl methyl sites for hydroxylation is 1. The molecule has 3 rings (SSSR count). The van der Waals surface area contributed by atoms with Gasteiger partial charge in [-0.05, 0) is 55.9 Å². The minimum absolute atomic E-state index is 0.0377. The van der Waals surface area contributed by atoms with Crippen molar-refractivity contribution in [1.29, 1.82) is 0 Å². The molecule has 0 saturated heterocycles. The highest BCUT2D eigenvalue weighted by molar-refractivity contribution is 5.86. The second-order valence-corrected chi connectivity index (χ2v) is 6.96. The highest BCUT2D eigenvalue weighted by Crippen LogP contribution is 2.52. The van der Waals surface area contributed by atoms with E-state index < -0.39 is 11.9 Å². The number of aliphatic carboxylic acids is 1. The fourth-order valence-electron chi connectivity index (χ4n) is 4.45. The lowest BCUT2D eigenvalue weighted by Gasteiger charge is -2.27. The molecule has 2 saturated carbocycles. The molecule has 124 valence electrons. The van der Waals surface area contributed by atoms with E-state index >= 15 is 0 Å². The second-order valence-electron chi connectivity index (χ2n) is 6.96. The molecule has 1 amide bonds. The maximum absolute atomic E-state index is 12.4. The van der Waals surface area contributed by atoms with Gasteiger partial charge < -0.3 is 10.4 Å². The van der Waals surface area contributed by atoms with Gasteiger partial charge in [0, 0.05) is 6.54 Å². The Hall–Kier alpha value is -1.84. The minimum Gasteiger partial charge on any atom is -0.481 e. The number of carboxylic acid groups (broad SMARTS) is 1. The molecule has 2 bridgehead atoms. The summed E-state index contributed by atoms with van der Waals surface area (Å²) in [7, 11) is 0. The van der Waals surface area contributed by atoms with Gasteiger partial charge in [-0.25, -0.2) is 0 Å². The molecule has 0 unspecified atom stereocenters. The first-order valence-electron chi connectivity index (χ1n) is 8.71. The van der Waals surface area contributed by atoms with E-state index in [1.807, 2.05) is 18.2 Å². The Bertz CT molecular complexity index is 557. The molecule has 1 aromatic rings. The van der Waals surface area contributed by atoms with Crippen LogP contribution < -0.4 is 5.32 Å². The topological polar surface area (TPSA) is 66.4 Å². The monoisotopic (exact) mass is 315 g/mol. The van der Waals surface area contributed by atoms with Gasteiger partial charge in [-0.3, -0.25) is 9.59 Å². The predicted molar refractivity (Wildman–Crippen MR) is 87.8 cm³/mol. The largest absolute Gasteiger partial charge is 0.481 e. The standard InChI is InChI=1S/C19H25NO3/c21-18(16-14-9-10-15(12-14)17(16)19(22)23)20-11-5-4-8-13-6-2-1-3-7-13/h1-3,6-7,14-17H,4-5,8-12H2,(H,20,21)(H,22,23)/t14-,15+,16+,17+/m1/s1. The Kier molecular flexibility index (Phi) is 4.99. The van der Waals surface area contributed by atoms with Crippen LogP contribution >= 0.6 is 0 Å². The Labute approximate surface area is 137 Å². The number of carboxylic acids is 1. The van der Waals surface area contributed by atoms with Crippen molar-refractivity contribution < 1.29 is 14.7 Å². The van der Waals surface area contributed by atoms with Gasteiger partial charge in [-0.2, -0.15) is 0 Å². The predicted octanol–water partition coefficient (Wildman–Crippen LogP) is 2.87. The third-order valence-electron chi connectivity index (χ3n) is 5.54. The average Bonchev–Trinajstić information content (AvgIpc) is 3.16. The molecule has 0 spiro atoms. The number of amides is 1. The van der Waals surface area contributed by atoms with Crippen LogP contribution in [0.2, 0.25) is 0 Å². The molecule has 0 radical (unpaired) electrons. The Morgan fingerprint density at radius 2 is 1.74 bits per heavy atom. The van der Waals surface area contributed by atoms with Crippen molar-refractivity contribution in [3.05, 3.63) is 35.9 Å². The molecule has 0 aliphatic heterocycles. The van der Waals surface area contributed by atoms with Crippen LogP contribution in [0.5, 0.6) is 0 Å². The lowest BCUT2D eigenvalue weighted by molar-refractivity contribution is -0.149. The maximum Gasteiger partial charge on any atom is 0.307 e. The van der Waals surface area contributed by atoms with Crippen molar-refractivity contribution in [3.8, 4) is 0 Å². The van der Waals surface area contributed by atoms with Crippen LogP contribution in [0.25, 0.3) is 0 Å². The van der Waals surface area contributed by atoms with Gasteiger partial charge in [0.1, 0.15) is 0 Å². The normalized spacial score (nSPS) is 28.7. The van der Waals surface area contributed by atoms with Gasteiger partial charge in [-0.1, -0.05) is 30.3 Å². The van der Waals surface area contributed by atoms with Crippen LogP contribution in [0.3, 0.4) is 0 Å². The third-order valence-corrected chi connectivity index (χ3v) is 5.54. The summed E-state index contributed by atoms with van der Waals surface area (Å²) in [6.45, 7) is 0.645. The lowest BCUT2D eigenvalue weighted by atomic mass is 9.78. The van der Waals surface area contributed by atoms with E-state index in [9.17, 15) is 14.7 Å². The summed E-state index contributed by atoms with van der Waals surface area (Å²) in [4.78, 5) is 23.9. The summed E-state index contributed by atoms with van der Waals surface area (Å²) < 4.78 is 0. The highest BCUT2D eigenvalue weighted by atomic mass is 16.4. The van der Waals surface area contributed by atoms with E-state index in [4.69, 9.17) is 0 Å². The number of hydrogen-bond donors (Lipinski definition) is 2. The van der Waals surface area contributed by atoms with Crippen LogP contribution in [-0.4, -0.2) is 23.5 Å². The molecule has 1 aromatic carbocycles. The molecule has 4 atom stereocenters. The molecule has 2 fully saturated rings. The van der Waals surface area contributed by atoms with E-state index in [1.54, 1.807) is 0 Å². The molecule has 2 aliphatic carbocycles. The smallest absolute Gasteiger partial charge is 0.307 e. The quantitative estimate of drug-likeness (QED) is 0.760. The Morgan fingerprint density at radius 3 is 2.43 bits per heavy atom. The molecule has 0 aromatic heterocycles. The van der Waals surface area contributed by atoms with Crippen LogP contribution in [-0.2, 0) is 16.0 Å². The summed E-state index contributed by atoms with van der Waals surface area (Å²) in [5.74, 6) is -1.10. The Balaban J connectivity index is 1.42. The van der Waals surface area contributed by atoms with Gasteiger partial charge in [0.15, 0.2) is 0 Å². The Morgan fingerprint density at radius 1 is 1.04 bits per heavy atom. The molecule has 2 aliphatic rings. The zero-order chi connectivity index (χ0) is 16.2.